The van der Waals surface area contributed by atoms with Crippen LogP contribution < -0.4 is 10.2 Å². The summed E-state index contributed by atoms with van der Waals surface area (Å²) in [6.45, 7) is 6.31. The molecule has 0 spiro atoms. The van der Waals surface area contributed by atoms with Gasteiger partial charge in [0.15, 0.2) is 5.65 Å². The van der Waals surface area contributed by atoms with Crippen molar-refractivity contribution in [3.63, 3.8) is 0 Å². The van der Waals surface area contributed by atoms with Gasteiger partial charge in [0.1, 0.15) is 0 Å². The molecule has 1 aromatic carbocycles. The molecule has 0 saturated carbocycles. The molecule has 6 nitrogen and oxygen atoms in total. The molecule has 3 aromatic rings. The van der Waals surface area contributed by atoms with Crippen molar-refractivity contribution < 1.29 is 4.79 Å². The summed E-state index contributed by atoms with van der Waals surface area (Å²) < 4.78 is 1.98. The van der Waals surface area contributed by atoms with Crippen LogP contribution in [0.25, 0.3) is 5.65 Å². The number of carbonyl (C=O) groups is 1. The summed E-state index contributed by atoms with van der Waals surface area (Å²) in [7, 11) is 0. The highest BCUT2D eigenvalue weighted by molar-refractivity contribution is 5.79. The molecule has 1 unspecified atom stereocenters. The highest BCUT2D eigenvalue weighted by atomic mass is 16.1. The van der Waals surface area contributed by atoms with Gasteiger partial charge in [-0.25, -0.2) is 0 Å². The minimum absolute atomic E-state index is 0.0278. The summed E-state index contributed by atoms with van der Waals surface area (Å²) in [6.07, 6.45) is 3.85. The Morgan fingerprint density at radius 3 is 3.00 bits per heavy atom. The second-order valence-electron chi connectivity index (χ2n) is 7.36. The minimum atomic E-state index is -0.0278. The molecular weight excluding hydrogens is 338 g/mol. The van der Waals surface area contributed by atoms with Crippen molar-refractivity contribution in [2.24, 2.45) is 5.92 Å². The first kappa shape index (κ1) is 17.5. The predicted molar refractivity (Wildman–Crippen MR) is 106 cm³/mol. The number of fused-ring (bicyclic) bond motifs is 1. The maximum Gasteiger partial charge on any atom is 0.231 e. The van der Waals surface area contributed by atoms with E-state index in [4.69, 9.17) is 0 Å². The highest BCUT2D eigenvalue weighted by Crippen LogP contribution is 2.22. The summed E-state index contributed by atoms with van der Waals surface area (Å²) in [5.41, 5.74) is 4.43. The second-order valence-corrected chi connectivity index (χ2v) is 7.36. The quantitative estimate of drug-likeness (QED) is 0.774. The van der Waals surface area contributed by atoms with E-state index in [1.807, 2.05) is 28.8 Å². The summed E-state index contributed by atoms with van der Waals surface area (Å²) in [4.78, 5) is 14.9. The second kappa shape index (κ2) is 7.39. The summed E-state index contributed by atoms with van der Waals surface area (Å²) in [5, 5.41) is 11.7. The van der Waals surface area contributed by atoms with Crippen molar-refractivity contribution in [3.05, 3.63) is 59.3 Å². The Kier molecular flexibility index (Phi) is 4.79. The van der Waals surface area contributed by atoms with Crippen LogP contribution >= 0.6 is 0 Å². The Hall–Kier alpha value is -2.89. The highest BCUT2D eigenvalue weighted by Gasteiger charge is 2.28. The molecular formula is C21H25N5O. The zero-order chi connectivity index (χ0) is 18.8. The number of aromatic nitrogens is 3. The van der Waals surface area contributed by atoms with Gasteiger partial charge in [-0.15, -0.1) is 10.2 Å². The van der Waals surface area contributed by atoms with Gasteiger partial charge in [-0.1, -0.05) is 29.8 Å². The molecule has 0 aliphatic carbocycles. The number of pyridine rings is 1. The van der Waals surface area contributed by atoms with E-state index in [9.17, 15) is 4.79 Å². The van der Waals surface area contributed by atoms with Crippen LogP contribution in [-0.2, 0) is 11.3 Å². The molecule has 0 radical (unpaired) electrons. The fourth-order valence-corrected chi connectivity index (χ4v) is 3.73. The van der Waals surface area contributed by atoms with Gasteiger partial charge >= 0.3 is 0 Å². The van der Waals surface area contributed by atoms with Crippen LogP contribution in [0.2, 0.25) is 0 Å². The van der Waals surface area contributed by atoms with E-state index >= 15 is 0 Å². The van der Waals surface area contributed by atoms with E-state index in [0.717, 1.165) is 31.0 Å². The fraction of sp³-hybridized carbons (Fsp3) is 0.381. The minimum Gasteiger partial charge on any atom is -0.352 e. The molecule has 4 rings (SSSR count). The first-order valence-corrected chi connectivity index (χ1v) is 9.50. The molecule has 0 bridgehead atoms. The maximum absolute atomic E-state index is 12.8. The van der Waals surface area contributed by atoms with Gasteiger partial charge in [0.05, 0.1) is 5.92 Å². The van der Waals surface area contributed by atoms with Crippen molar-refractivity contribution in [3.8, 4) is 0 Å². The molecule has 1 aliphatic rings. The van der Waals surface area contributed by atoms with Gasteiger partial charge in [0.2, 0.25) is 11.9 Å². The molecule has 140 valence electrons. The zero-order valence-corrected chi connectivity index (χ0v) is 15.9. The lowest BCUT2D eigenvalue weighted by Gasteiger charge is -2.32. The van der Waals surface area contributed by atoms with Crippen molar-refractivity contribution >= 4 is 17.5 Å². The maximum atomic E-state index is 12.8. The molecule has 6 heteroatoms. The zero-order valence-electron chi connectivity index (χ0n) is 15.9. The number of aryl methyl sites for hydroxylation is 2. The van der Waals surface area contributed by atoms with Crippen LogP contribution in [0.15, 0.2) is 42.6 Å². The van der Waals surface area contributed by atoms with E-state index in [2.05, 4.69) is 52.5 Å². The number of anilines is 1. The van der Waals surface area contributed by atoms with Crippen LogP contribution in [0.4, 0.5) is 5.95 Å². The molecule has 1 atom stereocenters. The smallest absolute Gasteiger partial charge is 0.231 e. The lowest BCUT2D eigenvalue weighted by atomic mass is 9.97. The van der Waals surface area contributed by atoms with Crippen molar-refractivity contribution in [2.75, 3.05) is 18.0 Å². The van der Waals surface area contributed by atoms with E-state index in [1.54, 1.807) is 0 Å². The van der Waals surface area contributed by atoms with E-state index in [1.165, 1.54) is 16.7 Å². The topological polar surface area (TPSA) is 62.5 Å². The number of benzene rings is 1. The van der Waals surface area contributed by atoms with E-state index < -0.39 is 0 Å². The Morgan fingerprint density at radius 2 is 2.11 bits per heavy atom. The molecule has 3 heterocycles. The fourth-order valence-electron chi connectivity index (χ4n) is 3.73. The third-order valence-corrected chi connectivity index (χ3v) is 5.33. The van der Waals surface area contributed by atoms with E-state index in [0.29, 0.717) is 13.1 Å². The molecule has 1 amide bonds. The standard InChI is InChI=1S/C21H25N5O/c1-15-8-9-16(2)18(12-15)13-22-20(27)17-6-5-10-25(14-17)21-24-23-19-7-3-4-11-26(19)21/h3-4,7-9,11-12,17H,5-6,10,13-14H2,1-2H3,(H,22,27). The van der Waals surface area contributed by atoms with Gasteiger partial charge in [0.25, 0.3) is 0 Å². The predicted octanol–water partition coefficient (Wildman–Crippen LogP) is 2.88. The average Bonchev–Trinajstić information content (AvgIpc) is 3.13. The van der Waals surface area contributed by atoms with Crippen LogP contribution in [0.5, 0.6) is 0 Å². The lowest BCUT2D eigenvalue weighted by molar-refractivity contribution is -0.125. The van der Waals surface area contributed by atoms with Crippen molar-refractivity contribution in [1.82, 2.24) is 19.9 Å². The Balaban J connectivity index is 1.43. The summed E-state index contributed by atoms with van der Waals surface area (Å²) in [6, 6.07) is 12.2. The number of hydrogen-bond donors (Lipinski definition) is 1. The SMILES string of the molecule is Cc1ccc(C)c(CNC(=O)C2CCCN(c3nnc4ccccn34)C2)c1. The third kappa shape index (κ3) is 3.65. The first-order chi connectivity index (χ1) is 13.1. The number of hydrogen-bond acceptors (Lipinski definition) is 4. The van der Waals surface area contributed by atoms with Gasteiger partial charge in [-0.3, -0.25) is 9.20 Å². The molecule has 1 fully saturated rings. The van der Waals surface area contributed by atoms with Crippen LogP contribution in [0.3, 0.4) is 0 Å². The van der Waals surface area contributed by atoms with Crippen LogP contribution in [0.1, 0.15) is 29.5 Å². The first-order valence-electron chi connectivity index (χ1n) is 9.50. The van der Waals surface area contributed by atoms with E-state index in [-0.39, 0.29) is 11.8 Å². The number of carbonyl (C=O) groups excluding carboxylic acids is 1. The number of nitrogens with one attached hydrogen (secondary N) is 1. The molecule has 1 N–H and O–H groups in total. The molecule has 1 saturated heterocycles. The normalized spacial score (nSPS) is 17.3. The van der Waals surface area contributed by atoms with Gasteiger partial charge in [0, 0.05) is 25.8 Å². The average molecular weight is 363 g/mol. The van der Waals surface area contributed by atoms with Crippen LogP contribution in [0, 0.1) is 19.8 Å². The summed E-state index contributed by atoms with van der Waals surface area (Å²) in [5.74, 6) is 0.909. The number of rotatable bonds is 4. The van der Waals surface area contributed by atoms with Gasteiger partial charge in [-0.2, -0.15) is 0 Å². The monoisotopic (exact) mass is 363 g/mol. The lowest BCUT2D eigenvalue weighted by Crippen LogP contribution is -2.43. The van der Waals surface area contributed by atoms with Crippen molar-refractivity contribution in [2.45, 2.75) is 33.2 Å². The molecule has 27 heavy (non-hydrogen) atoms. The van der Waals surface area contributed by atoms with Crippen LogP contribution in [-0.4, -0.2) is 33.6 Å². The summed E-state index contributed by atoms with van der Waals surface area (Å²) >= 11 is 0. The number of amides is 1. The molecule has 1 aliphatic heterocycles. The number of nitrogens with zero attached hydrogens (tertiary/aromatic N) is 4. The van der Waals surface area contributed by atoms with Gasteiger partial charge in [-0.05, 0) is 49.9 Å². The third-order valence-electron chi connectivity index (χ3n) is 5.33. The van der Waals surface area contributed by atoms with Gasteiger partial charge < -0.3 is 10.2 Å². The molecule has 2 aromatic heterocycles. The van der Waals surface area contributed by atoms with Crippen molar-refractivity contribution in [1.29, 1.82) is 0 Å². The number of piperidine rings is 1. The largest absolute Gasteiger partial charge is 0.352 e. The Labute approximate surface area is 159 Å². The Bertz CT molecular complexity index is 964. The Morgan fingerprint density at radius 1 is 1.22 bits per heavy atom.